The minimum Gasteiger partial charge on any atom is -0.310 e. The van der Waals surface area contributed by atoms with Crippen LogP contribution in [0.2, 0.25) is 0 Å². The third kappa shape index (κ3) is 5.80. The van der Waals surface area contributed by atoms with Crippen molar-refractivity contribution in [1.82, 2.24) is 0 Å². The van der Waals surface area contributed by atoms with E-state index in [1.54, 1.807) is 0 Å². The molecule has 268 valence electrons. The van der Waals surface area contributed by atoms with Crippen molar-refractivity contribution in [2.75, 3.05) is 9.80 Å². The lowest BCUT2D eigenvalue weighted by molar-refractivity contribution is 1.29. The maximum Gasteiger partial charge on any atom is 0.0641 e. The molecule has 57 heavy (non-hydrogen) atoms. The Morgan fingerprint density at radius 3 is 1.51 bits per heavy atom. The largest absolute Gasteiger partial charge is 0.310 e. The van der Waals surface area contributed by atoms with E-state index in [9.17, 15) is 0 Å². The molecule has 0 radical (unpaired) electrons. The summed E-state index contributed by atoms with van der Waals surface area (Å²) in [6.45, 7) is 0. The normalized spacial score (nSPS) is 11.5. The maximum atomic E-state index is 2.46. The van der Waals surface area contributed by atoms with Crippen molar-refractivity contribution in [3.05, 3.63) is 218 Å². The van der Waals surface area contributed by atoms with E-state index in [2.05, 4.69) is 228 Å². The molecule has 0 atom stereocenters. The Balaban J connectivity index is 1.23. The smallest absolute Gasteiger partial charge is 0.0641 e. The minimum absolute atomic E-state index is 1.11. The molecule has 0 aliphatic rings. The average Bonchev–Trinajstić information content (AvgIpc) is 3.69. The highest BCUT2D eigenvalue weighted by Crippen LogP contribution is 2.52. The quantitative estimate of drug-likeness (QED) is 0.160. The second kappa shape index (κ2) is 13.8. The zero-order chi connectivity index (χ0) is 37.7. The summed E-state index contributed by atoms with van der Waals surface area (Å²) in [7, 11) is 0. The molecule has 0 unspecified atom stereocenters. The molecule has 0 bridgehead atoms. The number of hydrogen-bond donors (Lipinski definition) is 0. The van der Waals surface area contributed by atoms with E-state index in [0.29, 0.717) is 0 Å². The van der Waals surface area contributed by atoms with Crippen molar-refractivity contribution in [3.63, 3.8) is 0 Å². The predicted molar refractivity (Wildman–Crippen MR) is 247 cm³/mol. The van der Waals surface area contributed by atoms with E-state index in [1.165, 1.54) is 63.6 Å². The summed E-state index contributed by atoms with van der Waals surface area (Å²) in [5, 5.41) is 9.89. The molecule has 0 saturated carbocycles. The number of benzene rings is 10. The average molecular weight is 745 g/mol. The zero-order valence-corrected chi connectivity index (χ0v) is 31.9. The molecular weight excluding hydrogens is 709 g/mol. The first-order valence-corrected chi connectivity index (χ1v) is 20.2. The Morgan fingerprint density at radius 2 is 0.807 bits per heavy atom. The second-order valence-electron chi connectivity index (χ2n) is 14.6. The Morgan fingerprint density at radius 1 is 0.298 bits per heavy atom. The van der Waals surface area contributed by atoms with Crippen LogP contribution in [0.1, 0.15) is 0 Å². The van der Waals surface area contributed by atoms with Gasteiger partial charge in [-0.25, -0.2) is 0 Å². The van der Waals surface area contributed by atoms with Gasteiger partial charge in [-0.3, -0.25) is 0 Å². The van der Waals surface area contributed by atoms with Crippen molar-refractivity contribution < 1.29 is 0 Å². The number of thiophene rings is 1. The van der Waals surface area contributed by atoms with Crippen LogP contribution in [-0.4, -0.2) is 0 Å². The number of nitrogens with zero attached hydrogens (tertiary/aromatic N) is 2. The number of fused-ring (bicyclic) bond motifs is 7. The summed E-state index contributed by atoms with van der Waals surface area (Å²) in [6, 6.07) is 79.5. The van der Waals surface area contributed by atoms with Crippen LogP contribution in [0, 0.1) is 0 Å². The molecule has 0 amide bonds. The highest BCUT2D eigenvalue weighted by molar-refractivity contribution is 7.26. The van der Waals surface area contributed by atoms with Gasteiger partial charge in [0.1, 0.15) is 0 Å². The molecule has 1 aromatic heterocycles. The van der Waals surface area contributed by atoms with Crippen molar-refractivity contribution in [2.24, 2.45) is 0 Å². The van der Waals surface area contributed by atoms with Gasteiger partial charge < -0.3 is 9.80 Å². The highest BCUT2D eigenvalue weighted by Gasteiger charge is 2.25. The highest BCUT2D eigenvalue weighted by atomic mass is 32.1. The molecule has 3 heteroatoms. The first-order valence-electron chi connectivity index (χ1n) is 19.4. The number of hydrogen-bond acceptors (Lipinski definition) is 3. The van der Waals surface area contributed by atoms with Crippen LogP contribution < -0.4 is 9.80 Å². The van der Waals surface area contributed by atoms with E-state index < -0.39 is 0 Å². The van der Waals surface area contributed by atoms with Crippen LogP contribution in [0.3, 0.4) is 0 Å². The number of rotatable bonds is 7. The fourth-order valence-corrected chi connectivity index (χ4v) is 9.73. The topological polar surface area (TPSA) is 6.48 Å². The van der Waals surface area contributed by atoms with E-state index in [0.717, 1.165) is 34.1 Å². The third-order valence-corrected chi connectivity index (χ3v) is 12.3. The van der Waals surface area contributed by atoms with Gasteiger partial charge in [-0.1, -0.05) is 152 Å². The molecule has 2 nitrogen and oxygen atoms in total. The number of para-hydroxylation sites is 1. The van der Waals surface area contributed by atoms with Crippen LogP contribution in [0.15, 0.2) is 218 Å². The lowest BCUT2D eigenvalue weighted by Gasteiger charge is -2.30. The molecule has 11 rings (SSSR count). The van der Waals surface area contributed by atoms with Crippen molar-refractivity contribution in [3.8, 4) is 11.1 Å². The Hall–Kier alpha value is -7.20. The van der Waals surface area contributed by atoms with Crippen molar-refractivity contribution >= 4 is 98.0 Å². The van der Waals surface area contributed by atoms with Gasteiger partial charge in [-0.2, -0.15) is 0 Å². The van der Waals surface area contributed by atoms with Gasteiger partial charge in [0.15, 0.2) is 0 Å². The lowest BCUT2D eigenvalue weighted by atomic mass is 10.00. The van der Waals surface area contributed by atoms with Gasteiger partial charge >= 0.3 is 0 Å². The van der Waals surface area contributed by atoms with E-state index in [1.807, 2.05) is 11.3 Å². The van der Waals surface area contributed by atoms with Crippen LogP contribution >= 0.6 is 11.3 Å². The van der Waals surface area contributed by atoms with Gasteiger partial charge in [-0.05, 0) is 110 Å². The molecule has 11 aromatic rings. The summed E-state index contributed by atoms with van der Waals surface area (Å²) < 4.78 is 2.50. The summed E-state index contributed by atoms with van der Waals surface area (Å²) in [4.78, 5) is 4.91. The summed E-state index contributed by atoms with van der Waals surface area (Å²) in [6.07, 6.45) is 0. The Bertz CT molecular complexity index is 3260. The minimum atomic E-state index is 1.11. The molecule has 0 N–H and O–H groups in total. The van der Waals surface area contributed by atoms with Gasteiger partial charge in [0.25, 0.3) is 0 Å². The predicted octanol–water partition coefficient (Wildman–Crippen LogP) is 16.1. The zero-order valence-electron chi connectivity index (χ0n) is 31.1. The molecule has 0 aliphatic carbocycles. The van der Waals surface area contributed by atoms with E-state index in [4.69, 9.17) is 0 Å². The van der Waals surface area contributed by atoms with Gasteiger partial charge in [0.2, 0.25) is 0 Å². The standard InChI is InChI=1S/C54H36N2S/c1-3-14-37(15-4-1)43-21-13-24-45(34-43)56(47-30-27-39-17-8-10-20-42(39)36-47)50-32-31-49(53-52-48-25-12-11-18-40(48)28-33-51(52)57-54(50)53)55(44-22-5-2-6-23-44)46-29-26-38-16-7-9-19-41(38)35-46/h1-36H. The van der Waals surface area contributed by atoms with Crippen molar-refractivity contribution in [2.45, 2.75) is 0 Å². The van der Waals surface area contributed by atoms with Crippen LogP contribution in [0.4, 0.5) is 34.1 Å². The van der Waals surface area contributed by atoms with Crippen molar-refractivity contribution in [1.29, 1.82) is 0 Å². The number of anilines is 6. The van der Waals surface area contributed by atoms with E-state index in [-0.39, 0.29) is 0 Å². The molecule has 0 saturated heterocycles. The molecule has 10 aromatic carbocycles. The fraction of sp³-hybridized carbons (Fsp3) is 0. The monoisotopic (exact) mass is 744 g/mol. The Kier molecular flexibility index (Phi) is 8.04. The third-order valence-electron chi connectivity index (χ3n) is 11.2. The van der Waals surface area contributed by atoms with E-state index >= 15 is 0 Å². The maximum absolute atomic E-state index is 2.46. The molecule has 0 aliphatic heterocycles. The van der Waals surface area contributed by atoms with Crippen LogP contribution in [-0.2, 0) is 0 Å². The Labute approximate surface area is 335 Å². The van der Waals surface area contributed by atoms with Gasteiger partial charge in [0.05, 0.1) is 16.1 Å². The van der Waals surface area contributed by atoms with Gasteiger partial charge in [-0.15, -0.1) is 11.3 Å². The summed E-state index contributed by atoms with van der Waals surface area (Å²) in [5.41, 5.74) is 9.13. The first-order chi connectivity index (χ1) is 28.3. The van der Waals surface area contributed by atoms with Crippen LogP contribution in [0.25, 0.3) is 63.6 Å². The molecule has 0 spiro atoms. The first kappa shape index (κ1) is 33.2. The second-order valence-corrected chi connectivity index (χ2v) is 15.6. The summed E-state index contributed by atoms with van der Waals surface area (Å²) in [5.74, 6) is 0. The fourth-order valence-electron chi connectivity index (χ4n) is 8.49. The van der Waals surface area contributed by atoms with Gasteiger partial charge in [0, 0.05) is 38.2 Å². The summed E-state index contributed by atoms with van der Waals surface area (Å²) >= 11 is 1.88. The molecule has 0 fully saturated rings. The molecular formula is C54H36N2S. The lowest BCUT2D eigenvalue weighted by Crippen LogP contribution is -2.13. The SMILES string of the molecule is c1ccc(-c2cccc(N(c3ccc4ccccc4c3)c3ccc(N(c4ccccc4)c4ccc5ccccc5c4)c4c3sc3ccc5ccccc5c34)c2)cc1. The molecule has 1 heterocycles. The van der Waals surface area contributed by atoms with Crippen LogP contribution in [0.5, 0.6) is 0 Å².